The fourth-order valence-corrected chi connectivity index (χ4v) is 1.57. The molecule has 0 aliphatic heterocycles. The first-order valence-corrected chi connectivity index (χ1v) is 5.39. The molecule has 0 N–H and O–H groups in total. The zero-order valence-electron chi connectivity index (χ0n) is 10.6. The second kappa shape index (κ2) is 5.43. The largest absolute Gasteiger partial charge is 0.417 e. The lowest BCUT2D eigenvalue weighted by Gasteiger charge is -2.16. The van der Waals surface area contributed by atoms with Gasteiger partial charge in [-0.3, -0.25) is 4.79 Å². The fraction of sp³-hybridized carbons (Fsp3) is 0.417. The van der Waals surface area contributed by atoms with Crippen LogP contribution in [-0.4, -0.2) is 31.3 Å². The highest BCUT2D eigenvalue weighted by molar-refractivity contribution is 5.99. The van der Waals surface area contributed by atoms with E-state index in [0.29, 0.717) is 12.1 Å². The van der Waals surface area contributed by atoms with E-state index < -0.39 is 34.8 Å². The van der Waals surface area contributed by atoms with Gasteiger partial charge in [-0.2, -0.15) is 26.3 Å². The van der Waals surface area contributed by atoms with Crippen LogP contribution in [0.4, 0.5) is 26.3 Å². The summed E-state index contributed by atoms with van der Waals surface area (Å²) in [6, 6.07) is 0.999. The van der Waals surface area contributed by atoms with Crippen LogP contribution < -0.4 is 0 Å². The van der Waals surface area contributed by atoms with Crippen molar-refractivity contribution >= 4 is 5.78 Å². The van der Waals surface area contributed by atoms with Crippen LogP contribution in [0.3, 0.4) is 0 Å². The summed E-state index contributed by atoms with van der Waals surface area (Å²) >= 11 is 0. The molecule has 0 aromatic heterocycles. The lowest BCUT2D eigenvalue weighted by Crippen LogP contribution is -2.24. The molecule has 0 saturated carbocycles. The Morgan fingerprint density at radius 1 is 1.05 bits per heavy atom. The van der Waals surface area contributed by atoms with Crippen molar-refractivity contribution in [3.63, 3.8) is 0 Å². The quantitative estimate of drug-likeness (QED) is 0.629. The number of halogens is 6. The van der Waals surface area contributed by atoms with E-state index in [9.17, 15) is 31.1 Å². The van der Waals surface area contributed by atoms with Crippen LogP contribution in [0.5, 0.6) is 0 Å². The highest BCUT2D eigenvalue weighted by atomic mass is 19.4. The van der Waals surface area contributed by atoms with Crippen molar-refractivity contribution < 1.29 is 31.1 Å². The van der Waals surface area contributed by atoms with Crippen LogP contribution in [0.25, 0.3) is 0 Å². The SMILES string of the molecule is CN(C)CC(=O)c1ccc(C(F)(F)F)cc1C(F)(F)F. The lowest BCUT2D eigenvalue weighted by atomic mass is 9.99. The van der Waals surface area contributed by atoms with E-state index in [0.717, 1.165) is 0 Å². The highest BCUT2D eigenvalue weighted by Gasteiger charge is 2.39. The molecule has 2 nitrogen and oxygen atoms in total. The molecule has 20 heavy (non-hydrogen) atoms. The summed E-state index contributed by atoms with van der Waals surface area (Å²) < 4.78 is 75.7. The normalized spacial score (nSPS) is 12.8. The molecule has 0 radical (unpaired) electrons. The minimum absolute atomic E-state index is 0.0388. The number of ketones is 1. The van der Waals surface area contributed by atoms with Gasteiger partial charge in [-0.25, -0.2) is 0 Å². The summed E-state index contributed by atoms with van der Waals surface area (Å²) in [7, 11) is 2.94. The second-order valence-electron chi connectivity index (χ2n) is 4.42. The third-order valence-electron chi connectivity index (χ3n) is 2.41. The summed E-state index contributed by atoms with van der Waals surface area (Å²) in [5, 5.41) is 0. The van der Waals surface area contributed by atoms with Crippen molar-refractivity contribution in [2.24, 2.45) is 0 Å². The molecule has 0 fully saturated rings. The van der Waals surface area contributed by atoms with E-state index in [1.165, 1.54) is 19.0 Å². The van der Waals surface area contributed by atoms with Crippen molar-refractivity contribution in [1.82, 2.24) is 4.90 Å². The Morgan fingerprint density at radius 2 is 1.60 bits per heavy atom. The number of alkyl halides is 6. The summed E-state index contributed by atoms with van der Waals surface area (Å²) in [6.07, 6.45) is -9.93. The Hall–Kier alpha value is -1.57. The van der Waals surface area contributed by atoms with Gasteiger partial charge in [0.1, 0.15) is 0 Å². The van der Waals surface area contributed by atoms with Crippen molar-refractivity contribution in [1.29, 1.82) is 0 Å². The molecular formula is C12H11F6NO. The van der Waals surface area contributed by atoms with E-state index in [1.807, 2.05) is 0 Å². The number of hydrogen-bond donors (Lipinski definition) is 0. The first-order chi connectivity index (χ1) is 8.93. The van der Waals surface area contributed by atoms with Gasteiger partial charge in [-0.1, -0.05) is 6.07 Å². The molecule has 0 saturated heterocycles. The lowest BCUT2D eigenvalue weighted by molar-refractivity contribution is -0.143. The third kappa shape index (κ3) is 3.96. The monoisotopic (exact) mass is 299 g/mol. The minimum atomic E-state index is -5.03. The van der Waals surface area contributed by atoms with Crippen molar-refractivity contribution in [3.05, 3.63) is 34.9 Å². The van der Waals surface area contributed by atoms with Gasteiger partial charge in [0.05, 0.1) is 17.7 Å². The zero-order chi connectivity index (χ0) is 15.7. The second-order valence-corrected chi connectivity index (χ2v) is 4.42. The van der Waals surface area contributed by atoms with Crippen LogP contribution in [0.1, 0.15) is 21.5 Å². The molecule has 0 aliphatic carbocycles. The Kier molecular flexibility index (Phi) is 4.48. The number of carbonyl (C=O) groups is 1. The maximum absolute atomic E-state index is 12.8. The zero-order valence-corrected chi connectivity index (χ0v) is 10.6. The molecule has 0 atom stereocenters. The van der Waals surface area contributed by atoms with E-state index in [1.54, 1.807) is 0 Å². The molecule has 0 aliphatic rings. The molecule has 0 unspecified atom stereocenters. The third-order valence-corrected chi connectivity index (χ3v) is 2.41. The average molecular weight is 299 g/mol. The van der Waals surface area contributed by atoms with Gasteiger partial charge < -0.3 is 4.90 Å². The van der Waals surface area contributed by atoms with E-state index in [4.69, 9.17) is 0 Å². The number of Topliss-reactive ketones (excluding diaryl/α,β-unsaturated/α-hetero) is 1. The Labute approximate surface area is 111 Å². The number of benzene rings is 1. The van der Waals surface area contributed by atoms with Crippen LogP contribution >= 0.6 is 0 Å². The molecule has 1 rings (SSSR count). The summed E-state index contributed by atoms with van der Waals surface area (Å²) in [4.78, 5) is 13.0. The maximum Gasteiger partial charge on any atom is 0.417 e. The number of nitrogens with zero attached hydrogens (tertiary/aromatic N) is 1. The molecule has 1 aromatic rings. The number of likely N-dealkylation sites (N-methyl/N-ethyl adjacent to an activating group) is 1. The number of rotatable bonds is 3. The molecule has 0 bridgehead atoms. The fourth-order valence-electron chi connectivity index (χ4n) is 1.57. The van der Waals surface area contributed by atoms with E-state index in [-0.39, 0.29) is 12.6 Å². The smallest absolute Gasteiger partial charge is 0.302 e. The Morgan fingerprint density at radius 3 is 2.00 bits per heavy atom. The summed E-state index contributed by atoms with van der Waals surface area (Å²) in [6.45, 7) is -0.325. The Bertz CT molecular complexity index is 504. The topological polar surface area (TPSA) is 20.3 Å². The van der Waals surface area contributed by atoms with Crippen molar-refractivity contribution in [2.45, 2.75) is 12.4 Å². The molecule has 0 spiro atoms. The molecule has 0 amide bonds. The van der Waals surface area contributed by atoms with Crippen molar-refractivity contribution in [3.8, 4) is 0 Å². The van der Waals surface area contributed by atoms with Crippen molar-refractivity contribution in [2.75, 3.05) is 20.6 Å². The van der Waals surface area contributed by atoms with Gasteiger partial charge in [0.25, 0.3) is 0 Å². The first-order valence-electron chi connectivity index (χ1n) is 5.39. The summed E-state index contributed by atoms with van der Waals surface area (Å²) in [5.74, 6) is -0.893. The standard InChI is InChI=1S/C12H11F6NO/c1-19(2)6-10(20)8-4-3-7(11(13,14)15)5-9(8)12(16,17)18/h3-5H,6H2,1-2H3. The number of hydrogen-bond acceptors (Lipinski definition) is 2. The molecule has 1 aromatic carbocycles. The predicted octanol–water partition coefficient (Wildman–Crippen LogP) is 3.47. The van der Waals surface area contributed by atoms with Gasteiger partial charge in [0.2, 0.25) is 0 Å². The molecule has 8 heteroatoms. The van der Waals surface area contributed by atoms with Crippen LogP contribution in [0.2, 0.25) is 0 Å². The van der Waals surface area contributed by atoms with Crippen LogP contribution in [-0.2, 0) is 12.4 Å². The van der Waals surface area contributed by atoms with Crippen LogP contribution in [0.15, 0.2) is 18.2 Å². The molecule has 112 valence electrons. The summed E-state index contributed by atoms with van der Waals surface area (Å²) in [5.41, 5.74) is -3.77. The highest BCUT2D eigenvalue weighted by Crippen LogP contribution is 2.37. The molecular weight excluding hydrogens is 288 g/mol. The maximum atomic E-state index is 12.8. The average Bonchev–Trinajstić information content (AvgIpc) is 2.24. The van der Waals surface area contributed by atoms with E-state index >= 15 is 0 Å². The van der Waals surface area contributed by atoms with Gasteiger partial charge in [-0.05, 0) is 26.2 Å². The van der Waals surface area contributed by atoms with Gasteiger partial charge in [0.15, 0.2) is 5.78 Å². The predicted molar refractivity (Wildman–Crippen MR) is 59.3 cm³/mol. The Balaban J connectivity index is 3.36. The van der Waals surface area contributed by atoms with Gasteiger partial charge in [-0.15, -0.1) is 0 Å². The molecule has 0 heterocycles. The minimum Gasteiger partial charge on any atom is -0.302 e. The van der Waals surface area contributed by atoms with Crippen LogP contribution in [0, 0.1) is 0 Å². The number of carbonyl (C=O) groups excluding carboxylic acids is 1. The van der Waals surface area contributed by atoms with Gasteiger partial charge >= 0.3 is 12.4 Å². The van der Waals surface area contributed by atoms with E-state index in [2.05, 4.69) is 0 Å². The van der Waals surface area contributed by atoms with Gasteiger partial charge in [0, 0.05) is 5.56 Å². The first kappa shape index (κ1) is 16.5.